The molecular weight excluding hydrogens is 797 g/mol. The first-order valence-electron chi connectivity index (χ1n) is 22.3. The predicted octanol–water partition coefficient (Wildman–Crippen LogP) is 10.4. The molecule has 0 aromatic heterocycles. The van der Waals surface area contributed by atoms with Crippen molar-refractivity contribution in [3.63, 3.8) is 0 Å². The van der Waals surface area contributed by atoms with Crippen LogP contribution in [-0.2, 0) is 27.2 Å². The van der Waals surface area contributed by atoms with E-state index in [0.717, 1.165) is 18.6 Å². The zero-order valence-electron chi connectivity index (χ0n) is 41.4. The Morgan fingerprint density at radius 1 is 0.586 bits per heavy atom. The highest BCUT2D eigenvalue weighted by Gasteiger charge is 2.67. The molecule has 0 bridgehead atoms. The Morgan fingerprint density at radius 3 is 1.33 bits per heavy atom. The van der Waals surface area contributed by atoms with Crippen LogP contribution in [0.15, 0.2) is 12.2 Å². The van der Waals surface area contributed by atoms with Gasteiger partial charge in [0.15, 0.2) is 33.3 Å². The van der Waals surface area contributed by atoms with Gasteiger partial charge in [-0.25, -0.2) is 0 Å². The van der Waals surface area contributed by atoms with E-state index >= 15 is 0 Å². The predicted molar refractivity (Wildman–Crippen MR) is 250 cm³/mol. The number of aliphatic hydroxyl groups excluding tert-OH is 3. The molecule has 3 N–H and O–H groups in total. The van der Waals surface area contributed by atoms with E-state index in [9.17, 15) is 10.2 Å². The Labute approximate surface area is 360 Å². The first kappa shape index (κ1) is 52.6. The van der Waals surface area contributed by atoms with Crippen LogP contribution in [0, 0.1) is 17.8 Å². The molecule has 0 radical (unpaired) electrons. The lowest BCUT2D eigenvalue weighted by molar-refractivity contribution is 0.0184. The molecule has 3 saturated carbocycles. The summed E-state index contributed by atoms with van der Waals surface area (Å²) < 4.78 is 37.7. The van der Waals surface area contributed by atoms with Crippen molar-refractivity contribution in [1.82, 2.24) is 0 Å². The van der Waals surface area contributed by atoms with Crippen molar-refractivity contribution in [2.24, 2.45) is 17.8 Å². The van der Waals surface area contributed by atoms with E-state index in [1.807, 2.05) is 6.92 Å². The molecule has 13 heteroatoms. The van der Waals surface area contributed by atoms with Crippen molar-refractivity contribution in [1.29, 1.82) is 0 Å². The van der Waals surface area contributed by atoms with Crippen LogP contribution in [0.5, 0.6) is 0 Å². The lowest BCUT2D eigenvalue weighted by atomic mass is 9.96. The molecule has 3 aliphatic carbocycles. The number of hydrogen-bond acceptors (Lipinski definition) is 9. The smallest absolute Gasteiger partial charge is 0.192 e. The summed E-state index contributed by atoms with van der Waals surface area (Å²) in [6, 6.07) is 0. The highest BCUT2D eigenvalue weighted by Crippen LogP contribution is 2.57. The Hall–Kier alpha value is 0.248. The van der Waals surface area contributed by atoms with Crippen molar-refractivity contribution >= 4 is 33.3 Å². The average Bonchev–Trinajstić information content (AvgIpc) is 3.76. The quantitative estimate of drug-likeness (QED) is 0.106. The maximum absolute atomic E-state index is 10.3. The van der Waals surface area contributed by atoms with Crippen LogP contribution in [0.3, 0.4) is 0 Å². The second kappa shape index (κ2) is 17.3. The molecule has 5 fully saturated rings. The number of ether oxygens (including phenoxy) is 2. The van der Waals surface area contributed by atoms with E-state index in [-0.39, 0.29) is 68.1 Å². The van der Waals surface area contributed by atoms with Gasteiger partial charge in [-0.3, -0.25) is 0 Å². The molecule has 0 aromatic rings. The van der Waals surface area contributed by atoms with Gasteiger partial charge in [-0.1, -0.05) is 89.7 Å². The number of hydrogen-bond donors (Lipinski definition) is 3. The molecule has 0 aromatic carbocycles. The van der Waals surface area contributed by atoms with Gasteiger partial charge in [0.1, 0.15) is 0 Å². The van der Waals surface area contributed by atoms with E-state index < -0.39 is 39.4 Å². The van der Waals surface area contributed by atoms with E-state index in [1.54, 1.807) is 0 Å². The number of epoxide rings is 2. The third-order valence-corrected chi connectivity index (χ3v) is 34.6. The Balaban J connectivity index is 0.000000251. The summed E-state index contributed by atoms with van der Waals surface area (Å²) in [7, 11) is -7.20. The lowest BCUT2D eigenvalue weighted by Crippen LogP contribution is -2.49. The summed E-state index contributed by atoms with van der Waals surface area (Å²) in [6.45, 7) is 55.6. The summed E-state index contributed by atoms with van der Waals surface area (Å²) >= 11 is 0. The molecule has 9 nitrogen and oxygen atoms in total. The monoisotopic (exact) mass is 889 g/mol. The van der Waals surface area contributed by atoms with Crippen molar-refractivity contribution in [2.45, 2.75) is 237 Å². The zero-order chi connectivity index (χ0) is 45.3. The maximum atomic E-state index is 10.3. The van der Waals surface area contributed by atoms with Crippen LogP contribution in [0.1, 0.15) is 116 Å². The molecule has 2 heterocycles. The largest absolute Gasteiger partial charge is 0.416 e. The van der Waals surface area contributed by atoms with Crippen LogP contribution < -0.4 is 0 Å². The second-order valence-corrected chi connectivity index (χ2v) is 44.1. The molecule has 0 unspecified atom stereocenters. The third kappa shape index (κ3) is 11.5. The average molecular weight is 890 g/mol. The zero-order valence-corrected chi connectivity index (χ0v) is 45.4. The third-order valence-electron chi connectivity index (χ3n) is 16.6. The van der Waals surface area contributed by atoms with Crippen molar-refractivity contribution in [2.75, 3.05) is 19.8 Å². The van der Waals surface area contributed by atoms with Crippen molar-refractivity contribution in [3.05, 3.63) is 12.2 Å². The lowest BCUT2D eigenvalue weighted by Gasteiger charge is -2.42. The molecule has 2 aliphatic heterocycles. The Morgan fingerprint density at radius 2 is 0.966 bits per heavy atom. The highest BCUT2D eigenvalue weighted by atomic mass is 28.4. The van der Waals surface area contributed by atoms with Gasteiger partial charge in [-0.2, -0.15) is 0 Å². The van der Waals surface area contributed by atoms with Gasteiger partial charge in [0.05, 0.1) is 54.4 Å². The fourth-order valence-electron chi connectivity index (χ4n) is 7.48. The summed E-state index contributed by atoms with van der Waals surface area (Å²) in [5, 5.41) is 29.3. The van der Waals surface area contributed by atoms with E-state index in [4.69, 9.17) is 32.3 Å². The minimum Gasteiger partial charge on any atom is -0.416 e. The molecule has 2 saturated heterocycles. The van der Waals surface area contributed by atoms with E-state index in [2.05, 4.69) is 149 Å². The highest BCUT2D eigenvalue weighted by molar-refractivity contribution is 6.75. The number of fused-ring (bicyclic) bond motifs is 2. The van der Waals surface area contributed by atoms with Crippen LogP contribution in [-0.4, -0.2) is 116 Å². The van der Waals surface area contributed by atoms with Gasteiger partial charge in [0, 0.05) is 50.2 Å². The normalized spacial score (nSPS) is 35.5. The summed E-state index contributed by atoms with van der Waals surface area (Å²) in [5.41, 5.74) is 0.668. The molecule has 5 rings (SSSR count). The Kier molecular flexibility index (Phi) is 15.7. The molecule has 0 amide bonds. The molecule has 342 valence electrons. The molecule has 58 heavy (non-hydrogen) atoms. The van der Waals surface area contributed by atoms with Gasteiger partial charge in [0.2, 0.25) is 0 Å². The molecule has 5 aliphatic rings. The SMILES string of the molecule is C=C1[C@H](O)C[C@H](O[Si](C)(C)C(C)(C)C)[C@H]1CO[Si](C)(C)C(C)(C)C.CC(C)(C)[Si](C)(C)OC[C@@H]1[C@@H](O[Si](C)(C)C(C)(C)C)C[C@H]2O[C@@]12C.C[C@@]12O[C@@H]1C[C@H](O)[C@H]2CO. The van der Waals surface area contributed by atoms with Gasteiger partial charge >= 0.3 is 0 Å². The standard InChI is InChI=1S/2C19H40O3Si2.C7H12O3/c1-17(2,3)23(8,9)20-13-14-15(12-16-19(14,7)21-16)22-24(10,11)18(4,5)6;1-14-15(13-21-23(8,9)18(2,3)4)17(12-16(14)20)22-24(10,11)19(5,6)7;1-7-4(3-8)5(9)2-6(7)10-7/h14-16H,12-13H2,1-11H3;15-17,20H,1,12-13H2,2-11H3;4-6,8-9H,2-3H2,1H3/t14-,15+,16-,19+;15-,16+,17-;4-,5+,6-,7+/m101/s1. The maximum Gasteiger partial charge on any atom is 0.192 e. The fraction of sp³-hybridized carbons (Fsp3) is 0.956. The van der Waals surface area contributed by atoms with Crippen LogP contribution in [0.2, 0.25) is 72.5 Å². The van der Waals surface area contributed by atoms with Gasteiger partial charge in [-0.05, 0) is 91.9 Å². The summed E-state index contributed by atoms with van der Waals surface area (Å²) in [5.74, 6) is 0.409. The van der Waals surface area contributed by atoms with E-state index in [0.29, 0.717) is 37.6 Å². The molecule has 0 spiro atoms. The van der Waals surface area contributed by atoms with Gasteiger partial charge < -0.3 is 42.5 Å². The van der Waals surface area contributed by atoms with Crippen molar-refractivity contribution < 1.29 is 42.5 Å². The minimum atomic E-state index is -1.88. The minimum absolute atomic E-state index is 0.0185. The first-order chi connectivity index (χ1) is 25.7. The van der Waals surface area contributed by atoms with Gasteiger partial charge in [0.25, 0.3) is 0 Å². The summed E-state index contributed by atoms with van der Waals surface area (Å²) in [4.78, 5) is 0. The molecule has 11 atom stereocenters. The first-order valence-corrected chi connectivity index (χ1v) is 34.0. The Bertz CT molecular complexity index is 1410. The van der Waals surface area contributed by atoms with Crippen LogP contribution >= 0.6 is 0 Å². The van der Waals surface area contributed by atoms with Crippen LogP contribution in [0.25, 0.3) is 0 Å². The topological polar surface area (TPSA) is 123 Å². The second-order valence-electron chi connectivity index (χ2n) is 24.9. The van der Waals surface area contributed by atoms with Gasteiger partial charge in [-0.15, -0.1) is 0 Å². The summed E-state index contributed by atoms with van der Waals surface area (Å²) in [6.07, 6.45) is 2.46. The van der Waals surface area contributed by atoms with Crippen molar-refractivity contribution in [3.8, 4) is 0 Å². The molecular formula is C45H92O9Si4. The van der Waals surface area contributed by atoms with Crippen LogP contribution in [0.4, 0.5) is 0 Å². The number of aliphatic hydroxyl groups is 3. The van der Waals surface area contributed by atoms with E-state index in [1.165, 1.54) is 0 Å². The fourth-order valence-corrected chi connectivity index (χ4v) is 12.3. The number of rotatable bonds is 11.